The number of phenolic OH excluding ortho intramolecular Hbond substituents is 3. The van der Waals surface area contributed by atoms with Gasteiger partial charge in [-0.15, -0.1) is 0 Å². The molecule has 21 N–H and O–H groups in total. The molecule has 7 heterocycles. The Morgan fingerprint density at radius 3 is 2.02 bits per heavy atom. The van der Waals surface area contributed by atoms with Gasteiger partial charge in [0.25, 0.3) is 0 Å². The van der Waals surface area contributed by atoms with Crippen LogP contribution in [-0.4, -0.2) is 188 Å². The number of halogens is 3. The van der Waals surface area contributed by atoms with Gasteiger partial charge in [-0.1, -0.05) is 103 Å². The van der Waals surface area contributed by atoms with E-state index in [1.54, 1.807) is 38.1 Å². The molecule has 39 heteroatoms. The predicted molar refractivity (Wildman–Crippen MR) is 449 cm³/mol. The molecule has 7 aliphatic rings. The van der Waals surface area contributed by atoms with Crippen LogP contribution < -0.4 is 78.3 Å². The number of aromatic hydroxyl groups is 3. The SMILES string of the molecule is C=C1N[C@@H]2C(=O)N[C@H](C(=O)NCCCCN)c3cc(O)cc(O)c3-c3cc(ccc3O)C1NC(=O)[C@@H]1NC(=O)[C@H](CC(N)=O)NC(=O)[C@H](NC(=O)[C@@H](CC(C)C)NC)[C@H](O)c3ccc(c(Cl)c3)Oc3cc1cc(c3OC1OC(CN=[N+]=[N-])C(O)C(O)C1OC1CC(C)(NCc3ccc(OCc4ccc(Cl)cc4)cc3)C(O)C(C)O1)Oc1ccc(cc1Cl)[C@H]2O. The van der Waals surface area contributed by atoms with Crippen LogP contribution >= 0.6 is 34.8 Å². The lowest BCUT2D eigenvalue weighted by atomic mass is 9.84. The number of likely N-dealkylation sites (N-methyl/N-ethyl adjacent to an activating group) is 1. The van der Waals surface area contributed by atoms with Crippen molar-refractivity contribution in [2.45, 2.75) is 182 Å². The van der Waals surface area contributed by atoms with E-state index in [-0.39, 0.29) is 106 Å². The maximum atomic E-state index is 16.5. The Labute approximate surface area is 726 Å². The average molecular weight is 1770 g/mol. The van der Waals surface area contributed by atoms with Crippen LogP contribution in [0.3, 0.4) is 0 Å². The normalized spacial score (nSPS) is 26.0. The fourth-order valence-electron chi connectivity index (χ4n) is 15.2. The molecule has 7 amide bonds. The van der Waals surface area contributed by atoms with E-state index in [1.165, 1.54) is 55.6 Å². The fraction of sp³-hybridized carbons (Fsp3) is 0.400. The molecule has 7 aromatic carbocycles. The monoisotopic (exact) mass is 1770 g/mol. The molecule has 0 aromatic heterocycles. The lowest BCUT2D eigenvalue weighted by molar-refractivity contribution is -0.331. The van der Waals surface area contributed by atoms with Crippen molar-refractivity contribution < 1.29 is 108 Å². The number of azide groups is 1. The summed E-state index contributed by atoms with van der Waals surface area (Å²) in [4.78, 5) is 108. The number of nitrogens with two attached hydrogens (primary N) is 2. The van der Waals surface area contributed by atoms with Crippen LogP contribution in [0.1, 0.15) is 129 Å². The molecule has 0 saturated carbocycles. The summed E-state index contributed by atoms with van der Waals surface area (Å²) in [6.07, 6.45) is -17.6. The molecule has 0 aliphatic carbocycles. The zero-order valence-corrected chi connectivity index (χ0v) is 70.0. The lowest BCUT2D eigenvalue weighted by Gasteiger charge is -2.48. The van der Waals surface area contributed by atoms with Gasteiger partial charge in [-0.25, -0.2) is 0 Å². The third-order valence-electron chi connectivity index (χ3n) is 21.9. The van der Waals surface area contributed by atoms with Gasteiger partial charge in [0.1, 0.15) is 95.7 Å². The zero-order chi connectivity index (χ0) is 89.3. The van der Waals surface area contributed by atoms with Gasteiger partial charge in [0, 0.05) is 57.9 Å². The van der Waals surface area contributed by atoms with E-state index in [0.29, 0.717) is 23.6 Å². The highest BCUT2D eigenvalue weighted by atomic mass is 35.5. The third-order valence-corrected chi connectivity index (χ3v) is 22.7. The van der Waals surface area contributed by atoms with Crippen LogP contribution in [0.15, 0.2) is 145 Å². The number of carbonyl (C=O) groups is 7. The molecular weight excluding hydrogens is 1680 g/mol. The lowest BCUT2D eigenvalue weighted by Crippen LogP contribution is -2.65. The summed E-state index contributed by atoms with van der Waals surface area (Å²) in [5.74, 6) is -11.9. The predicted octanol–water partition coefficient (Wildman–Crippen LogP) is 6.25. The maximum absolute atomic E-state index is 16.5. The van der Waals surface area contributed by atoms with Gasteiger partial charge in [-0.2, -0.15) is 0 Å². The van der Waals surface area contributed by atoms with Gasteiger partial charge in [-0.05, 0) is 176 Å². The maximum Gasteiger partial charge on any atom is 0.248 e. The number of carbonyl (C=O) groups excluding carboxylic acids is 7. The molecule has 0 radical (unpaired) electrons. The van der Waals surface area contributed by atoms with E-state index in [2.05, 4.69) is 64.5 Å². The second-order valence-corrected chi connectivity index (χ2v) is 32.6. The summed E-state index contributed by atoms with van der Waals surface area (Å²) in [5.41, 5.74) is 19.7. The Hall–Kier alpha value is -11.3. The molecule has 14 rings (SSSR count). The first-order valence-corrected chi connectivity index (χ1v) is 40.9. The van der Waals surface area contributed by atoms with Gasteiger partial charge < -0.3 is 133 Å². The Morgan fingerprint density at radius 1 is 0.726 bits per heavy atom. The first-order chi connectivity index (χ1) is 59.1. The van der Waals surface area contributed by atoms with Crippen LogP contribution in [0.5, 0.6) is 51.7 Å². The van der Waals surface area contributed by atoms with Crippen LogP contribution in [0, 0.1) is 5.92 Å². The van der Waals surface area contributed by atoms with Crippen molar-refractivity contribution in [1.82, 2.24) is 47.9 Å². The molecule has 0 spiro atoms. The number of amides is 7. The Balaban J connectivity index is 1.03. The highest BCUT2D eigenvalue weighted by Crippen LogP contribution is 2.50. The van der Waals surface area contributed by atoms with Crippen LogP contribution in [-0.2, 0) is 60.9 Å². The summed E-state index contributed by atoms with van der Waals surface area (Å²) >= 11 is 20.6. The number of phenols is 3. The zero-order valence-electron chi connectivity index (χ0n) is 67.7. The Morgan fingerprint density at radius 2 is 1.38 bits per heavy atom. The number of aliphatic hydroxyl groups excluding tert-OH is 5. The molecule has 36 nitrogen and oxygen atoms in total. The summed E-state index contributed by atoms with van der Waals surface area (Å²) in [7, 11) is 1.49. The molecular formula is C85H97Cl3N14O22. The van der Waals surface area contributed by atoms with Crippen molar-refractivity contribution in [3.8, 4) is 62.9 Å². The molecule has 11 bridgehead atoms. The van der Waals surface area contributed by atoms with Crippen molar-refractivity contribution >= 4 is 76.2 Å². The summed E-state index contributed by atoms with van der Waals surface area (Å²) in [5, 5.41) is 126. The van der Waals surface area contributed by atoms with Crippen LogP contribution in [0.4, 0.5) is 0 Å². The third kappa shape index (κ3) is 21.4. The second kappa shape index (κ2) is 40.1. The van der Waals surface area contributed by atoms with E-state index in [4.69, 9.17) is 79.4 Å². The standard InChI is InChI=1S/C85H97Cl3N14O22/c1-38(2)25-54(92-6)78(112)101-70-72(108)45-15-22-59(53(88)28-45)121-61-30-46-29-60(75(61)124-84-76(74(110)73(109)62(122-84)36-95-102-91)123-64-34-85(5,77(111)40(4)119-64)94-35-41-11-18-49(19-12-41)118-37-42-9-16-47(86)17-10-42)120-58-21-14-44(27-52(58)87)71(107)69-83(117)100-68(80(114)93-24-8-7-23-89)51-31-48(103)32-57(105)65(51)50-26-43(13-20-56(50)104)66(39(3)96-69)98-81(115)67(46)99-79(113)55(33-63(90)106)97-82(70)116/h9-22,26-32,38,40,54-55,62,64,66-74,76-77,84,92,94,96,103-105,107-111H,3,7-8,23-25,33-37,89H2,1-2,4-6H3,(H2,90,106)(H,93,114)(H,97,116)(H,98,115)(H,99,113)(H,100,117)(H,101,112)/t40?,54-,55+,62?,64?,66?,67-,68+,69+,70-,71-,72-,73?,74?,76?,77?,84?,85?/m1/s1. The minimum atomic E-state index is -2.26. The molecule has 10 unspecified atom stereocenters. The van der Waals surface area contributed by atoms with Gasteiger partial charge in [0.05, 0.1) is 53.4 Å². The second-order valence-electron chi connectivity index (χ2n) is 31.4. The number of aliphatic hydroxyl groups is 5. The first kappa shape index (κ1) is 91.9. The highest BCUT2D eigenvalue weighted by Gasteiger charge is 2.52. The number of ether oxygens (including phenoxy) is 7. The summed E-state index contributed by atoms with van der Waals surface area (Å²) in [6, 6.07) is 16.6. The van der Waals surface area contributed by atoms with Crippen molar-refractivity contribution in [2.75, 3.05) is 26.7 Å². The minimum absolute atomic E-state index is 0.00779. The fourth-order valence-corrected chi connectivity index (χ4v) is 15.8. The van der Waals surface area contributed by atoms with E-state index >= 15 is 19.2 Å². The number of unbranched alkanes of at least 4 members (excludes halogenated alkanes) is 1. The van der Waals surface area contributed by atoms with E-state index in [0.717, 1.165) is 41.5 Å². The molecule has 124 heavy (non-hydrogen) atoms. The molecule has 2 saturated heterocycles. The number of hydrogen-bond acceptors (Lipinski definition) is 27. The molecule has 660 valence electrons. The highest BCUT2D eigenvalue weighted by molar-refractivity contribution is 6.32. The van der Waals surface area contributed by atoms with Gasteiger partial charge in [0.2, 0.25) is 53.4 Å². The topological polar surface area (TPSA) is 555 Å². The number of fused-ring (bicyclic) bond motifs is 15. The van der Waals surface area contributed by atoms with Crippen molar-refractivity contribution in [3.05, 3.63) is 204 Å². The number of nitrogens with one attached hydrogen (secondary N) is 9. The van der Waals surface area contributed by atoms with Crippen LogP contribution in [0.2, 0.25) is 15.1 Å². The Kier molecular flexibility index (Phi) is 29.7. The Bertz CT molecular complexity index is 5190. The van der Waals surface area contributed by atoms with Gasteiger partial charge in [-0.3, -0.25) is 33.6 Å². The van der Waals surface area contributed by atoms with Crippen molar-refractivity contribution in [2.24, 2.45) is 22.5 Å². The molecule has 18 atom stereocenters. The number of primary amides is 1. The van der Waals surface area contributed by atoms with Crippen molar-refractivity contribution in [3.63, 3.8) is 0 Å². The number of hydrogen-bond donors (Lipinski definition) is 19. The average Bonchev–Trinajstić information content (AvgIpc) is 0.764. The number of benzene rings is 7. The number of nitrogens with zero attached hydrogens (tertiary/aromatic N) is 3. The molecule has 7 aromatic rings. The first-order valence-electron chi connectivity index (χ1n) is 39.8. The summed E-state index contributed by atoms with van der Waals surface area (Å²) < 4.78 is 46.2. The number of rotatable bonds is 24. The molecule has 7 aliphatic heterocycles. The smallest absolute Gasteiger partial charge is 0.248 e. The minimum Gasteiger partial charge on any atom is -0.508 e. The summed E-state index contributed by atoms with van der Waals surface area (Å²) in [6.45, 7) is 11.3. The van der Waals surface area contributed by atoms with E-state index in [9.17, 15) is 60.8 Å². The van der Waals surface area contributed by atoms with Crippen molar-refractivity contribution in [1.29, 1.82) is 0 Å². The van der Waals surface area contributed by atoms with Gasteiger partial charge >= 0.3 is 0 Å². The largest absolute Gasteiger partial charge is 0.508 e. The quantitative estimate of drug-likeness (QED) is 0.0138. The molecule has 2 fully saturated rings. The van der Waals surface area contributed by atoms with Gasteiger partial charge in [0.15, 0.2) is 23.9 Å². The van der Waals surface area contributed by atoms with Crippen LogP contribution in [0.25, 0.3) is 21.6 Å². The van der Waals surface area contributed by atoms with E-state index in [1.807, 2.05) is 38.1 Å². The van der Waals surface area contributed by atoms with E-state index < -0.39 is 204 Å².